The molecular formula is C28H28ClN5O2. The number of aryl methyl sites for hydroxylation is 1. The van der Waals surface area contributed by atoms with Gasteiger partial charge in [-0.25, -0.2) is 9.97 Å². The first-order valence-electron chi connectivity index (χ1n) is 13.0. The molecule has 7 nitrogen and oxygen atoms in total. The monoisotopic (exact) mass is 501 g/mol. The van der Waals surface area contributed by atoms with Crippen LogP contribution in [0.1, 0.15) is 36.0 Å². The Hall–Kier alpha value is -3.06. The van der Waals surface area contributed by atoms with Gasteiger partial charge in [0.05, 0.1) is 30.0 Å². The van der Waals surface area contributed by atoms with Crippen LogP contribution in [0.15, 0.2) is 30.5 Å². The summed E-state index contributed by atoms with van der Waals surface area (Å²) in [4.78, 5) is 25.2. The average molecular weight is 502 g/mol. The molecule has 1 aliphatic heterocycles. The first-order valence-corrected chi connectivity index (χ1v) is 13.4. The molecule has 0 radical (unpaired) electrons. The molecule has 4 heterocycles. The lowest BCUT2D eigenvalue weighted by Gasteiger charge is -2.52. The Morgan fingerprint density at radius 3 is 2.78 bits per heavy atom. The molecule has 0 N–H and O–H groups in total. The van der Waals surface area contributed by atoms with E-state index in [1.54, 1.807) is 7.11 Å². The fourth-order valence-electron chi connectivity index (χ4n) is 7.26. The van der Waals surface area contributed by atoms with Gasteiger partial charge in [-0.05, 0) is 73.6 Å². The highest BCUT2D eigenvalue weighted by Crippen LogP contribution is 2.60. The van der Waals surface area contributed by atoms with Crippen molar-refractivity contribution in [2.24, 2.45) is 30.7 Å². The Kier molecular flexibility index (Phi) is 4.24. The molecule has 1 unspecified atom stereocenters. The van der Waals surface area contributed by atoms with E-state index < -0.39 is 0 Å². The normalized spacial score (nSPS) is 26.2. The van der Waals surface area contributed by atoms with Crippen molar-refractivity contribution in [2.45, 2.75) is 38.3 Å². The highest BCUT2D eigenvalue weighted by atomic mass is 35.5. The van der Waals surface area contributed by atoms with E-state index in [0.717, 1.165) is 58.4 Å². The lowest BCUT2D eigenvalue weighted by molar-refractivity contribution is -0.0204. The SMILES string of the molecule is COc1cc(C(=O)N2C[C@H]3CC4C[C@@H]2[C@H]43)cc2nc(-c3cc4cc(Cl)ncc4n3CC3CC3)n(C)c12. The van der Waals surface area contributed by atoms with E-state index in [9.17, 15) is 4.79 Å². The van der Waals surface area contributed by atoms with Crippen molar-refractivity contribution in [2.75, 3.05) is 13.7 Å². The van der Waals surface area contributed by atoms with Gasteiger partial charge in [-0.3, -0.25) is 4.79 Å². The van der Waals surface area contributed by atoms with Crippen molar-refractivity contribution >= 4 is 39.4 Å². The zero-order valence-corrected chi connectivity index (χ0v) is 21.2. The van der Waals surface area contributed by atoms with Gasteiger partial charge in [0.1, 0.15) is 16.4 Å². The van der Waals surface area contributed by atoms with Crippen LogP contribution in [-0.4, -0.2) is 49.6 Å². The van der Waals surface area contributed by atoms with Crippen molar-refractivity contribution in [3.8, 4) is 17.3 Å². The molecule has 36 heavy (non-hydrogen) atoms. The van der Waals surface area contributed by atoms with E-state index in [-0.39, 0.29) is 5.91 Å². The summed E-state index contributed by atoms with van der Waals surface area (Å²) in [5.41, 5.74) is 4.45. The van der Waals surface area contributed by atoms with Crippen LogP contribution < -0.4 is 4.74 Å². The smallest absolute Gasteiger partial charge is 0.254 e. The summed E-state index contributed by atoms with van der Waals surface area (Å²) in [6, 6.07) is 8.35. The Balaban J connectivity index is 1.25. The number of carbonyl (C=O) groups excluding carboxylic acids is 1. The van der Waals surface area contributed by atoms with Gasteiger partial charge in [0, 0.05) is 37.1 Å². The second-order valence-corrected chi connectivity index (χ2v) is 11.7. The number of imidazole rings is 1. The number of aromatic nitrogens is 4. The average Bonchev–Trinajstić information content (AvgIpc) is 3.53. The van der Waals surface area contributed by atoms with Gasteiger partial charge in [0.15, 0.2) is 5.82 Å². The number of hydrogen-bond donors (Lipinski definition) is 0. The summed E-state index contributed by atoms with van der Waals surface area (Å²) in [5.74, 6) is 4.65. The number of fused-ring (bicyclic) bond motifs is 2. The third kappa shape index (κ3) is 2.83. The number of benzene rings is 1. The van der Waals surface area contributed by atoms with Gasteiger partial charge in [-0.2, -0.15) is 0 Å². The summed E-state index contributed by atoms with van der Waals surface area (Å²) in [7, 11) is 3.69. The second kappa shape index (κ2) is 7.25. The van der Waals surface area contributed by atoms with E-state index >= 15 is 0 Å². The lowest BCUT2D eigenvalue weighted by atomic mass is 9.53. The van der Waals surface area contributed by atoms with Crippen molar-refractivity contribution in [1.29, 1.82) is 0 Å². The largest absolute Gasteiger partial charge is 0.494 e. The van der Waals surface area contributed by atoms with E-state index in [0.29, 0.717) is 34.3 Å². The maximum absolute atomic E-state index is 13.6. The van der Waals surface area contributed by atoms with Crippen molar-refractivity contribution < 1.29 is 9.53 Å². The summed E-state index contributed by atoms with van der Waals surface area (Å²) >= 11 is 6.22. The Labute approximate surface area is 214 Å². The maximum Gasteiger partial charge on any atom is 0.254 e. The summed E-state index contributed by atoms with van der Waals surface area (Å²) in [6.07, 6.45) is 6.83. The molecule has 0 bridgehead atoms. The van der Waals surface area contributed by atoms with Gasteiger partial charge < -0.3 is 18.8 Å². The highest BCUT2D eigenvalue weighted by molar-refractivity contribution is 6.30. The molecule has 3 saturated carbocycles. The van der Waals surface area contributed by atoms with Crippen molar-refractivity contribution in [1.82, 2.24) is 24.0 Å². The number of likely N-dealkylation sites (tertiary alicyclic amines) is 1. The predicted octanol–water partition coefficient (Wildman–Crippen LogP) is 5.14. The molecule has 184 valence electrons. The van der Waals surface area contributed by atoms with Gasteiger partial charge in [-0.1, -0.05) is 11.6 Å². The third-order valence-corrected chi connectivity index (χ3v) is 9.50. The molecule has 3 aliphatic carbocycles. The fraction of sp³-hybridized carbons (Fsp3) is 0.464. The van der Waals surface area contributed by atoms with Crippen LogP contribution in [0.4, 0.5) is 0 Å². The Bertz CT molecular complexity index is 1580. The molecule has 1 amide bonds. The van der Waals surface area contributed by atoms with E-state index in [4.69, 9.17) is 21.3 Å². The number of pyridine rings is 1. The lowest BCUT2D eigenvalue weighted by Crippen LogP contribution is -2.53. The first-order chi connectivity index (χ1) is 17.5. The summed E-state index contributed by atoms with van der Waals surface area (Å²) in [5, 5.41) is 1.54. The minimum atomic E-state index is 0.115. The van der Waals surface area contributed by atoms with Crippen LogP contribution in [0.5, 0.6) is 5.75 Å². The zero-order chi connectivity index (χ0) is 24.3. The zero-order valence-electron chi connectivity index (χ0n) is 20.4. The first kappa shape index (κ1) is 21.1. The molecule has 8 rings (SSSR count). The molecular weight excluding hydrogens is 474 g/mol. The molecule has 4 aliphatic rings. The maximum atomic E-state index is 13.6. The topological polar surface area (TPSA) is 65.2 Å². The minimum Gasteiger partial charge on any atom is -0.494 e. The Morgan fingerprint density at radius 2 is 2.03 bits per heavy atom. The van der Waals surface area contributed by atoms with Gasteiger partial charge >= 0.3 is 0 Å². The number of amides is 1. The second-order valence-electron chi connectivity index (χ2n) is 11.3. The standard InChI is InChI=1S/C28H28ClN5O2/c1-32-26-19(6-17(9-23(26)36-2)28(35)34-13-18-5-16-8-20(34)25(16)18)31-27(32)21-7-15-10-24(29)30-11-22(15)33(21)12-14-3-4-14/h6-7,9-11,14,16,18,20,25H,3-5,8,12-13H2,1-2H3/t16?,18-,20-,25-/m1/s1. The van der Waals surface area contributed by atoms with Crippen molar-refractivity contribution in [3.63, 3.8) is 0 Å². The van der Waals surface area contributed by atoms with Crippen LogP contribution in [0.3, 0.4) is 0 Å². The molecule has 1 saturated heterocycles. The van der Waals surface area contributed by atoms with Crippen LogP contribution in [0, 0.1) is 23.7 Å². The molecule has 0 spiro atoms. The quantitative estimate of drug-likeness (QED) is 0.355. The number of methoxy groups -OCH3 is 1. The Morgan fingerprint density at radius 1 is 1.17 bits per heavy atom. The number of hydrogen-bond acceptors (Lipinski definition) is 4. The highest BCUT2D eigenvalue weighted by Gasteiger charge is 2.61. The number of rotatable bonds is 5. The number of carbonyl (C=O) groups is 1. The molecule has 8 heteroatoms. The number of ether oxygens (including phenoxy) is 1. The third-order valence-electron chi connectivity index (χ3n) is 9.30. The van der Waals surface area contributed by atoms with Gasteiger partial charge in [-0.15, -0.1) is 0 Å². The van der Waals surface area contributed by atoms with Crippen LogP contribution in [-0.2, 0) is 13.6 Å². The number of nitrogens with zero attached hydrogens (tertiary/aromatic N) is 5. The van der Waals surface area contributed by atoms with Crippen LogP contribution in [0.2, 0.25) is 5.15 Å². The van der Waals surface area contributed by atoms with Crippen LogP contribution >= 0.6 is 11.6 Å². The van der Waals surface area contributed by atoms with Crippen molar-refractivity contribution in [3.05, 3.63) is 41.2 Å². The van der Waals surface area contributed by atoms with Crippen LogP contribution in [0.25, 0.3) is 33.5 Å². The molecule has 4 aromatic rings. The van der Waals surface area contributed by atoms with E-state index in [1.807, 2.05) is 31.4 Å². The molecule has 1 aromatic carbocycles. The van der Waals surface area contributed by atoms with E-state index in [1.165, 1.54) is 25.7 Å². The number of halogens is 1. The minimum absolute atomic E-state index is 0.115. The molecule has 3 aromatic heterocycles. The summed E-state index contributed by atoms with van der Waals surface area (Å²) < 4.78 is 10.2. The predicted molar refractivity (Wildman–Crippen MR) is 138 cm³/mol. The van der Waals surface area contributed by atoms with E-state index in [2.05, 4.69) is 25.1 Å². The van der Waals surface area contributed by atoms with Gasteiger partial charge in [0.2, 0.25) is 0 Å². The summed E-state index contributed by atoms with van der Waals surface area (Å²) in [6.45, 7) is 1.84. The molecule has 4 fully saturated rings. The molecule has 4 atom stereocenters. The van der Waals surface area contributed by atoms with Gasteiger partial charge in [0.25, 0.3) is 5.91 Å². The fourth-order valence-corrected chi connectivity index (χ4v) is 7.42.